The maximum atomic E-state index is 15.8. The lowest BCUT2D eigenvalue weighted by Crippen LogP contribution is -2.44. The molecule has 11 nitrogen and oxygen atoms in total. The van der Waals surface area contributed by atoms with Crippen molar-refractivity contribution in [2.45, 2.75) is 43.6 Å². The van der Waals surface area contributed by atoms with Crippen LogP contribution in [0.2, 0.25) is 0 Å². The first kappa shape index (κ1) is 32.3. The molecule has 3 aromatic carbocycles. The van der Waals surface area contributed by atoms with Crippen molar-refractivity contribution in [3.05, 3.63) is 96.3 Å². The number of sulfonamides is 1. The van der Waals surface area contributed by atoms with Gasteiger partial charge in [-0.15, -0.1) is 0 Å². The van der Waals surface area contributed by atoms with Crippen LogP contribution in [0, 0.1) is 24.4 Å². The molecule has 6 aromatic rings. The number of halogens is 3. The van der Waals surface area contributed by atoms with E-state index in [1.165, 1.54) is 25.4 Å². The Morgan fingerprint density at radius 1 is 0.918 bits per heavy atom. The van der Waals surface area contributed by atoms with E-state index >= 15 is 8.78 Å². The minimum atomic E-state index is -4.43. The molecule has 49 heavy (non-hydrogen) atoms. The van der Waals surface area contributed by atoms with E-state index in [0.717, 1.165) is 34.9 Å². The Kier molecular flexibility index (Phi) is 8.11. The zero-order valence-electron chi connectivity index (χ0n) is 26.5. The first-order valence-corrected chi connectivity index (χ1v) is 17.0. The largest absolute Gasteiger partial charge is 0.390 e. The summed E-state index contributed by atoms with van der Waals surface area (Å²) in [6.45, 7) is 4.66. The molecule has 0 radical (unpaired) electrons. The molecule has 0 bridgehead atoms. The third kappa shape index (κ3) is 5.88. The topological polar surface area (TPSA) is 138 Å². The third-order valence-electron chi connectivity index (χ3n) is 9.05. The highest BCUT2D eigenvalue weighted by atomic mass is 32.2. The predicted molar refractivity (Wildman–Crippen MR) is 180 cm³/mol. The number of fused-ring (bicyclic) bond motifs is 2. The highest BCUT2D eigenvalue weighted by Gasteiger charge is 2.31. The van der Waals surface area contributed by atoms with E-state index in [-0.39, 0.29) is 21.8 Å². The second-order valence-corrected chi connectivity index (χ2v) is 13.6. The first-order chi connectivity index (χ1) is 23.5. The zero-order valence-corrected chi connectivity index (χ0v) is 27.3. The van der Waals surface area contributed by atoms with Gasteiger partial charge in [-0.2, -0.15) is 0 Å². The fourth-order valence-electron chi connectivity index (χ4n) is 6.08. The normalized spacial score (nSPS) is 14.8. The highest BCUT2D eigenvalue weighted by Crippen LogP contribution is 2.35. The maximum absolute atomic E-state index is 15.8. The second-order valence-electron chi connectivity index (χ2n) is 12.0. The Labute approximate surface area is 279 Å². The van der Waals surface area contributed by atoms with Crippen molar-refractivity contribution in [1.29, 1.82) is 0 Å². The van der Waals surface area contributed by atoms with Gasteiger partial charge in [-0.1, -0.05) is 19.1 Å². The van der Waals surface area contributed by atoms with Gasteiger partial charge in [-0.25, -0.2) is 41.5 Å². The molecule has 7 rings (SSSR count). The monoisotopic (exact) mass is 688 g/mol. The smallest absolute Gasteiger partial charge is 0.262 e. The van der Waals surface area contributed by atoms with Crippen LogP contribution in [-0.4, -0.2) is 56.7 Å². The van der Waals surface area contributed by atoms with E-state index in [4.69, 9.17) is 4.98 Å². The Morgan fingerprint density at radius 3 is 2.47 bits per heavy atom. The molecule has 0 unspecified atom stereocenters. The summed E-state index contributed by atoms with van der Waals surface area (Å²) in [6.07, 6.45) is 4.86. The fraction of sp³-hybridized carbons (Fsp3) is 0.235. The van der Waals surface area contributed by atoms with Crippen LogP contribution in [0.5, 0.6) is 0 Å². The molecule has 1 aliphatic rings. The maximum Gasteiger partial charge on any atom is 0.262 e. The van der Waals surface area contributed by atoms with Gasteiger partial charge in [0.2, 0.25) is 0 Å². The lowest BCUT2D eigenvalue weighted by Gasteiger charge is -2.38. The van der Waals surface area contributed by atoms with Crippen molar-refractivity contribution in [2.75, 3.05) is 28.0 Å². The number of piperidine rings is 1. The number of pyridine rings is 1. The van der Waals surface area contributed by atoms with Crippen molar-refractivity contribution < 1.29 is 26.7 Å². The summed E-state index contributed by atoms with van der Waals surface area (Å²) in [4.78, 5) is 19.7. The summed E-state index contributed by atoms with van der Waals surface area (Å²) >= 11 is 0. The van der Waals surface area contributed by atoms with Crippen LogP contribution in [0.1, 0.15) is 31.7 Å². The van der Waals surface area contributed by atoms with E-state index in [9.17, 15) is 17.9 Å². The molecule has 0 atom stereocenters. The lowest BCUT2D eigenvalue weighted by atomic mass is 9.89. The molecule has 1 saturated heterocycles. The Balaban J connectivity index is 1.22. The van der Waals surface area contributed by atoms with Crippen molar-refractivity contribution in [3.8, 4) is 5.82 Å². The highest BCUT2D eigenvalue weighted by molar-refractivity contribution is 7.92. The quantitative estimate of drug-likeness (QED) is 0.166. The minimum absolute atomic E-state index is 0.0348. The molecular weight excluding hydrogens is 657 g/mol. The predicted octanol–water partition coefficient (Wildman–Crippen LogP) is 6.38. The van der Waals surface area contributed by atoms with Crippen LogP contribution < -0.4 is 14.9 Å². The van der Waals surface area contributed by atoms with Crippen LogP contribution in [0.25, 0.3) is 27.9 Å². The average Bonchev–Trinajstić information content (AvgIpc) is 3.54. The summed E-state index contributed by atoms with van der Waals surface area (Å²) in [6, 6.07) is 14.6. The molecular formula is C34H31F3N8O3S. The number of nitrogens with one attached hydrogen (secondary N) is 2. The van der Waals surface area contributed by atoms with Crippen molar-refractivity contribution in [2.24, 2.45) is 0 Å². The van der Waals surface area contributed by atoms with Crippen LogP contribution in [0.3, 0.4) is 0 Å². The van der Waals surface area contributed by atoms with Gasteiger partial charge < -0.3 is 15.3 Å². The number of rotatable bonds is 8. The summed E-state index contributed by atoms with van der Waals surface area (Å²) in [5.41, 5.74) is 0.985. The number of nitrogens with zero attached hydrogens (tertiary/aromatic N) is 6. The summed E-state index contributed by atoms with van der Waals surface area (Å²) < 4.78 is 74.9. The molecule has 3 N–H and O–H groups in total. The summed E-state index contributed by atoms with van der Waals surface area (Å²) in [7, 11) is -4.43. The molecule has 15 heteroatoms. The van der Waals surface area contributed by atoms with E-state index in [1.807, 2.05) is 25.1 Å². The molecule has 0 spiro atoms. The van der Waals surface area contributed by atoms with Gasteiger partial charge in [0.15, 0.2) is 11.6 Å². The Morgan fingerprint density at radius 2 is 1.69 bits per heavy atom. The molecule has 0 saturated carbocycles. The van der Waals surface area contributed by atoms with Gasteiger partial charge in [-0.05, 0) is 74.7 Å². The van der Waals surface area contributed by atoms with E-state index in [2.05, 4.69) is 29.9 Å². The zero-order chi connectivity index (χ0) is 34.5. The van der Waals surface area contributed by atoms with Crippen molar-refractivity contribution >= 4 is 55.0 Å². The molecule has 0 amide bonds. The minimum Gasteiger partial charge on any atom is -0.390 e. The molecule has 0 aliphatic carbocycles. The van der Waals surface area contributed by atoms with Gasteiger partial charge in [0.1, 0.15) is 46.8 Å². The second kappa shape index (κ2) is 12.3. The number of hydrogen-bond acceptors (Lipinski definition) is 9. The van der Waals surface area contributed by atoms with Crippen LogP contribution in [0.4, 0.5) is 36.1 Å². The Hall–Kier alpha value is -5.28. The summed E-state index contributed by atoms with van der Waals surface area (Å²) in [5.74, 6) is -2.61. The fourth-order valence-corrected chi connectivity index (χ4v) is 7.39. The number of hydrogen-bond donors (Lipinski definition) is 3. The molecule has 252 valence electrons. The number of imidazole rings is 1. The molecule has 1 aliphatic heterocycles. The van der Waals surface area contributed by atoms with Crippen molar-refractivity contribution in [1.82, 2.24) is 24.5 Å². The lowest BCUT2D eigenvalue weighted by molar-refractivity contribution is 0.0126. The number of anilines is 4. The number of aromatic nitrogens is 5. The van der Waals surface area contributed by atoms with Gasteiger partial charge in [-0.3, -0.25) is 9.29 Å². The SMILES string of the molecule is CCC1(O)CCN(c2cccc3c2ncn3-c2ccc3ncnc(Nc4c(F)ccc(NS(=O)(=O)c5cccc(F)c5C)c4F)c3n2)CC1. The van der Waals surface area contributed by atoms with Gasteiger partial charge in [0.05, 0.1) is 32.9 Å². The standard InChI is InChI=1S/C34H31F3N8O3S/c1-3-34(46)14-16-44(17-15-34)25-7-5-8-26-32(25)40-19-45(26)28-13-12-24-31(41-28)33(39-18-38-24)42-30-22(36)10-11-23(29(30)37)43-49(47,48)27-9-4-6-21(35)20(27)2/h4-13,18-19,43,46H,3,14-17H2,1-2H3,(H,38,39,42). The van der Waals surface area contributed by atoms with E-state index < -0.39 is 44.5 Å². The number of benzene rings is 3. The van der Waals surface area contributed by atoms with Crippen LogP contribution in [-0.2, 0) is 10.0 Å². The number of aliphatic hydroxyl groups is 1. The van der Waals surface area contributed by atoms with E-state index in [0.29, 0.717) is 43.7 Å². The van der Waals surface area contributed by atoms with Crippen LogP contribution >= 0.6 is 0 Å². The molecule has 1 fully saturated rings. The van der Waals surface area contributed by atoms with Gasteiger partial charge in [0, 0.05) is 18.7 Å². The van der Waals surface area contributed by atoms with Gasteiger partial charge >= 0.3 is 0 Å². The average molecular weight is 689 g/mol. The Bertz CT molecular complexity index is 2340. The third-order valence-corrected chi connectivity index (χ3v) is 10.6. The molecule has 3 aromatic heterocycles. The van der Waals surface area contributed by atoms with Gasteiger partial charge in [0.25, 0.3) is 10.0 Å². The number of para-hydroxylation sites is 1. The van der Waals surface area contributed by atoms with Crippen molar-refractivity contribution in [3.63, 3.8) is 0 Å². The summed E-state index contributed by atoms with van der Waals surface area (Å²) in [5, 5.41) is 13.3. The first-order valence-electron chi connectivity index (χ1n) is 15.6. The van der Waals surface area contributed by atoms with E-state index in [1.54, 1.807) is 23.0 Å². The molecule has 4 heterocycles. The van der Waals surface area contributed by atoms with Crippen LogP contribution in [0.15, 0.2) is 78.2 Å².